The van der Waals surface area contributed by atoms with Crippen LogP contribution in [0.4, 0.5) is 17.5 Å². The van der Waals surface area contributed by atoms with E-state index in [9.17, 15) is 0 Å². The Balaban J connectivity index is 1.68. The van der Waals surface area contributed by atoms with Crippen molar-refractivity contribution in [1.82, 2.24) is 20.2 Å². The van der Waals surface area contributed by atoms with Gasteiger partial charge in [0.15, 0.2) is 5.65 Å². The number of piperidine rings is 1. The third-order valence-corrected chi connectivity index (χ3v) is 4.29. The lowest BCUT2D eigenvalue weighted by atomic mass is 10.1. The Morgan fingerprint density at radius 2 is 1.88 bits per heavy atom. The van der Waals surface area contributed by atoms with Crippen LogP contribution in [-0.4, -0.2) is 40.4 Å². The van der Waals surface area contributed by atoms with Crippen LogP contribution in [0, 0.1) is 0 Å². The number of aromatic amines is 1. The van der Waals surface area contributed by atoms with Gasteiger partial charge in [-0.3, -0.25) is 5.10 Å². The molecule has 1 fully saturated rings. The topological polar surface area (TPSA) is 79.0 Å². The molecule has 1 aliphatic heterocycles. The summed E-state index contributed by atoms with van der Waals surface area (Å²) < 4.78 is 5.20. The lowest BCUT2D eigenvalue weighted by Gasteiger charge is -2.26. The van der Waals surface area contributed by atoms with E-state index in [1.807, 2.05) is 24.3 Å². The summed E-state index contributed by atoms with van der Waals surface area (Å²) in [6.45, 7) is 2.00. The molecular weight excluding hydrogens is 304 g/mol. The normalized spacial score (nSPS) is 14.8. The molecule has 7 nitrogen and oxygen atoms in total. The molecule has 0 bridgehead atoms. The molecule has 1 aromatic carbocycles. The fourth-order valence-electron chi connectivity index (χ4n) is 2.96. The highest BCUT2D eigenvalue weighted by molar-refractivity contribution is 5.89. The molecule has 3 heterocycles. The minimum Gasteiger partial charge on any atom is -0.497 e. The first-order valence-electron chi connectivity index (χ1n) is 8.20. The number of H-pyrrole nitrogens is 1. The largest absolute Gasteiger partial charge is 0.497 e. The van der Waals surface area contributed by atoms with E-state index in [1.54, 1.807) is 13.3 Å². The Hall–Kier alpha value is -2.83. The minimum absolute atomic E-state index is 0.751. The number of rotatable bonds is 4. The highest BCUT2D eigenvalue weighted by Crippen LogP contribution is 2.27. The van der Waals surface area contributed by atoms with Crippen LogP contribution >= 0.6 is 0 Å². The van der Waals surface area contributed by atoms with Crippen molar-refractivity contribution in [2.24, 2.45) is 0 Å². The van der Waals surface area contributed by atoms with Crippen LogP contribution in [0.2, 0.25) is 0 Å². The van der Waals surface area contributed by atoms with Gasteiger partial charge in [-0.25, -0.2) is 0 Å². The summed E-state index contributed by atoms with van der Waals surface area (Å²) in [5.74, 6) is 2.34. The lowest BCUT2D eigenvalue weighted by molar-refractivity contribution is 0.415. The maximum absolute atomic E-state index is 5.20. The van der Waals surface area contributed by atoms with E-state index in [4.69, 9.17) is 9.72 Å². The van der Waals surface area contributed by atoms with Gasteiger partial charge in [0, 0.05) is 18.8 Å². The molecule has 0 aliphatic carbocycles. The Morgan fingerprint density at radius 1 is 1.08 bits per heavy atom. The fourth-order valence-corrected chi connectivity index (χ4v) is 2.96. The lowest BCUT2D eigenvalue weighted by Crippen LogP contribution is -2.31. The minimum atomic E-state index is 0.751. The molecule has 0 unspecified atom stereocenters. The van der Waals surface area contributed by atoms with Gasteiger partial charge in [-0.1, -0.05) is 0 Å². The van der Waals surface area contributed by atoms with Crippen molar-refractivity contribution >= 4 is 28.5 Å². The zero-order chi connectivity index (χ0) is 16.4. The molecular formula is C17H20N6O. The molecule has 1 aliphatic rings. The van der Waals surface area contributed by atoms with Gasteiger partial charge in [-0.15, -0.1) is 0 Å². The number of nitrogens with zero attached hydrogens (tertiary/aromatic N) is 4. The molecule has 0 atom stereocenters. The van der Waals surface area contributed by atoms with Gasteiger partial charge in [0.2, 0.25) is 5.95 Å². The number of anilines is 3. The van der Waals surface area contributed by atoms with Crippen LogP contribution in [-0.2, 0) is 0 Å². The Kier molecular flexibility index (Phi) is 3.90. The van der Waals surface area contributed by atoms with Crippen LogP contribution in [0.15, 0.2) is 30.5 Å². The quantitative estimate of drug-likeness (QED) is 0.768. The fraction of sp³-hybridized carbons (Fsp3) is 0.353. The highest BCUT2D eigenvalue weighted by Gasteiger charge is 2.17. The molecule has 0 saturated carbocycles. The number of benzene rings is 1. The number of nitrogens with one attached hydrogen (secondary N) is 2. The molecule has 0 radical (unpaired) electrons. The van der Waals surface area contributed by atoms with Crippen molar-refractivity contribution in [3.63, 3.8) is 0 Å². The summed E-state index contributed by atoms with van der Waals surface area (Å²) in [5.41, 5.74) is 1.70. The zero-order valence-electron chi connectivity index (χ0n) is 13.6. The SMILES string of the molecule is COc1ccc(Nc2nc(N3CCCCC3)nc3[nH]ncc23)cc1. The molecule has 2 N–H and O–H groups in total. The molecule has 3 aromatic rings. The summed E-state index contributed by atoms with van der Waals surface area (Å²) >= 11 is 0. The molecule has 0 spiro atoms. The predicted octanol–water partition coefficient (Wildman–Crippen LogP) is 3.10. The Labute approximate surface area is 140 Å². The second-order valence-electron chi connectivity index (χ2n) is 5.91. The van der Waals surface area contributed by atoms with Crippen molar-refractivity contribution in [2.75, 3.05) is 30.4 Å². The average Bonchev–Trinajstić information content (AvgIpc) is 3.12. The third-order valence-electron chi connectivity index (χ3n) is 4.29. The van der Waals surface area contributed by atoms with Crippen LogP contribution in [0.3, 0.4) is 0 Å². The monoisotopic (exact) mass is 324 g/mol. The van der Waals surface area contributed by atoms with Crippen molar-refractivity contribution in [2.45, 2.75) is 19.3 Å². The van der Waals surface area contributed by atoms with Gasteiger partial charge >= 0.3 is 0 Å². The van der Waals surface area contributed by atoms with E-state index in [0.29, 0.717) is 0 Å². The molecule has 1 saturated heterocycles. The number of hydrogen-bond acceptors (Lipinski definition) is 6. The van der Waals surface area contributed by atoms with Crippen molar-refractivity contribution in [3.05, 3.63) is 30.5 Å². The van der Waals surface area contributed by atoms with Crippen LogP contribution in [0.5, 0.6) is 5.75 Å². The first-order chi connectivity index (χ1) is 11.8. The number of aromatic nitrogens is 4. The number of hydrogen-bond donors (Lipinski definition) is 2. The van der Waals surface area contributed by atoms with Gasteiger partial charge < -0.3 is 15.0 Å². The number of ether oxygens (including phenoxy) is 1. The summed E-state index contributed by atoms with van der Waals surface area (Å²) in [7, 11) is 1.66. The van der Waals surface area contributed by atoms with E-state index in [-0.39, 0.29) is 0 Å². The molecule has 0 amide bonds. The highest BCUT2D eigenvalue weighted by atomic mass is 16.5. The van der Waals surface area contributed by atoms with Crippen LogP contribution in [0.1, 0.15) is 19.3 Å². The standard InChI is InChI=1S/C17H20N6O/c1-24-13-7-5-12(6-8-13)19-15-14-11-18-22-16(14)21-17(20-15)23-9-3-2-4-10-23/h5-8,11H,2-4,9-10H2,1H3,(H2,18,19,20,21,22). The van der Waals surface area contributed by atoms with E-state index >= 15 is 0 Å². The van der Waals surface area contributed by atoms with E-state index in [0.717, 1.165) is 47.3 Å². The molecule has 4 rings (SSSR count). The van der Waals surface area contributed by atoms with E-state index in [1.165, 1.54) is 19.3 Å². The van der Waals surface area contributed by atoms with Crippen LogP contribution in [0.25, 0.3) is 11.0 Å². The van der Waals surface area contributed by atoms with Gasteiger partial charge in [0.25, 0.3) is 0 Å². The van der Waals surface area contributed by atoms with E-state index in [2.05, 4.69) is 25.4 Å². The first kappa shape index (κ1) is 14.7. The summed E-state index contributed by atoms with van der Waals surface area (Å²) in [5, 5.41) is 11.3. The maximum Gasteiger partial charge on any atom is 0.229 e. The average molecular weight is 324 g/mol. The van der Waals surface area contributed by atoms with Crippen LogP contribution < -0.4 is 15.0 Å². The Morgan fingerprint density at radius 3 is 2.62 bits per heavy atom. The van der Waals surface area contributed by atoms with Gasteiger partial charge in [-0.05, 0) is 43.5 Å². The van der Waals surface area contributed by atoms with Crippen molar-refractivity contribution in [1.29, 1.82) is 0 Å². The second kappa shape index (κ2) is 6.35. The maximum atomic E-state index is 5.20. The second-order valence-corrected chi connectivity index (χ2v) is 5.91. The van der Waals surface area contributed by atoms with Gasteiger partial charge in [-0.2, -0.15) is 15.1 Å². The number of methoxy groups -OCH3 is 1. The van der Waals surface area contributed by atoms with Gasteiger partial charge in [0.1, 0.15) is 11.6 Å². The summed E-state index contributed by atoms with van der Waals surface area (Å²) in [6, 6.07) is 7.77. The molecule has 124 valence electrons. The third kappa shape index (κ3) is 2.84. The predicted molar refractivity (Wildman–Crippen MR) is 94.0 cm³/mol. The summed E-state index contributed by atoms with van der Waals surface area (Å²) in [4.78, 5) is 11.6. The first-order valence-corrected chi connectivity index (χ1v) is 8.20. The summed E-state index contributed by atoms with van der Waals surface area (Å²) in [6.07, 6.45) is 5.40. The van der Waals surface area contributed by atoms with E-state index < -0.39 is 0 Å². The van der Waals surface area contributed by atoms with Crippen molar-refractivity contribution < 1.29 is 4.74 Å². The molecule has 24 heavy (non-hydrogen) atoms. The smallest absolute Gasteiger partial charge is 0.229 e. The molecule has 2 aromatic heterocycles. The Bertz CT molecular complexity index is 823. The number of fused-ring (bicyclic) bond motifs is 1. The molecule has 7 heteroatoms. The van der Waals surface area contributed by atoms with Crippen molar-refractivity contribution in [3.8, 4) is 5.75 Å². The van der Waals surface area contributed by atoms with Gasteiger partial charge in [0.05, 0.1) is 18.7 Å². The zero-order valence-corrected chi connectivity index (χ0v) is 13.6.